The highest BCUT2D eigenvalue weighted by atomic mass is 79.9. The second-order valence-electron chi connectivity index (χ2n) is 4.37. The second kappa shape index (κ2) is 5.09. The van der Waals surface area contributed by atoms with Gasteiger partial charge in [0.15, 0.2) is 0 Å². The Balaban J connectivity index is 1.82. The molecule has 0 atom stereocenters. The van der Waals surface area contributed by atoms with Gasteiger partial charge in [-0.2, -0.15) is 0 Å². The van der Waals surface area contributed by atoms with Gasteiger partial charge in [-0.3, -0.25) is 4.79 Å². The third-order valence-electron chi connectivity index (χ3n) is 2.84. The number of ketones is 1. The van der Waals surface area contributed by atoms with Gasteiger partial charge >= 0.3 is 0 Å². The van der Waals surface area contributed by atoms with E-state index < -0.39 is 0 Å². The first-order valence-corrected chi connectivity index (χ1v) is 6.42. The second-order valence-corrected chi connectivity index (χ2v) is 5.29. The van der Waals surface area contributed by atoms with Crippen molar-refractivity contribution in [3.8, 4) is 0 Å². The average Bonchev–Trinajstić information content (AvgIpc) is 2.98. The molecule has 1 aromatic carbocycles. The van der Waals surface area contributed by atoms with Crippen molar-refractivity contribution in [2.75, 3.05) is 0 Å². The van der Waals surface area contributed by atoms with Crippen molar-refractivity contribution in [2.45, 2.75) is 32.1 Å². The van der Waals surface area contributed by atoms with Gasteiger partial charge < -0.3 is 0 Å². The molecule has 0 unspecified atom stereocenters. The maximum atomic E-state index is 13.1. The molecule has 1 nitrogen and oxygen atoms in total. The van der Waals surface area contributed by atoms with Crippen molar-refractivity contribution in [3.63, 3.8) is 0 Å². The fourth-order valence-electron chi connectivity index (χ4n) is 1.83. The Kier molecular flexibility index (Phi) is 3.74. The lowest BCUT2D eigenvalue weighted by atomic mass is 10.0. The van der Waals surface area contributed by atoms with E-state index in [1.807, 2.05) is 6.07 Å². The molecule has 0 N–H and O–H groups in total. The molecule has 0 aromatic heterocycles. The van der Waals surface area contributed by atoms with Gasteiger partial charge in [0.25, 0.3) is 0 Å². The van der Waals surface area contributed by atoms with Gasteiger partial charge in [-0.1, -0.05) is 15.9 Å². The monoisotopic (exact) mass is 284 g/mol. The SMILES string of the molecule is O=C(CCCc1cc(F)cc(Br)c1)C1CC1. The van der Waals surface area contributed by atoms with Crippen molar-refractivity contribution in [1.82, 2.24) is 0 Å². The molecule has 1 fully saturated rings. The van der Waals surface area contributed by atoms with Crippen molar-refractivity contribution >= 4 is 21.7 Å². The van der Waals surface area contributed by atoms with E-state index in [9.17, 15) is 9.18 Å². The molecule has 1 aromatic rings. The number of hydrogen-bond acceptors (Lipinski definition) is 1. The number of halogens is 2. The third kappa shape index (κ3) is 3.41. The van der Waals surface area contributed by atoms with Crippen molar-refractivity contribution in [1.29, 1.82) is 0 Å². The van der Waals surface area contributed by atoms with Crippen LogP contribution in [0.3, 0.4) is 0 Å². The summed E-state index contributed by atoms with van der Waals surface area (Å²) in [6.45, 7) is 0. The third-order valence-corrected chi connectivity index (χ3v) is 3.30. The van der Waals surface area contributed by atoms with Crippen LogP contribution < -0.4 is 0 Å². The smallest absolute Gasteiger partial charge is 0.135 e. The number of rotatable bonds is 5. The fourth-order valence-corrected chi connectivity index (χ4v) is 2.34. The van der Waals surface area contributed by atoms with E-state index in [0.717, 1.165) is 35.7 Å². The molecule has 2 rings (SSSR count). The summed E-state index contributed by atoms with van der Waals surface area (Å²) >= 11 is 3.26. The highest BCUT2D eigenvalue weighted by Crippen LogP contribution is 2.31. The molecular formula is C13H14BrFO. The van der Waals surface area contributed by atoms with Crippen LogP contribution in [0.2, 0.25) is 0 Å². The summed E-state index contributed by atoms with van der Waals surface area (Å²) < 4.78 is 13.8. The fraction of sp³-hybridized carbons (Fsp3) is 0.462. The van der Waals surface area contributed by atoms with Gasteiger partial charge in [-0.15, -0.1) is 0 Å². The van der Waals surface area contributed by atoms with Gasteiger partial charge in [0.05, 0.1) is 0 Å². The zero-order chi connectivity index (χ0) is 11.5. The van der Waals surface area contributed by atoms with E-state index >= 15 is 0 Å². The van der Waals surface area contributed by atoms with Crippen LogP contribution in [0.1, 0.15) is 31.2 Å². The standard InChI is InChI=1S/C13H14BrFO/c14-11-6-9(7-12(15)8-11)2-1-3-13(16)10-4-5-10/h6-8,10H,1-5H2. The molecule has 86 valence electrons. The summed E-state index contributed by atoms with van der Waals surface area (Å²) in [5.41, 5.74) is 0.954. The van der Waals surface area contributed by atoms with Gasteiger partial charge in [-0.05, 0) is 49.4 Å². The lowest BCUT2D eigenvalue weighted by molar-refractivity contribution is -0.120. The normalized spacial score (nSPS) is 15.1. The minimum Gasteiger partial charge on any atom is -0.299 e. The van der Waals surface area contributed by atoms with Crippen LogP contribution in [-0.4, -0.2) is 5.78 Å². The summed E-state index contributed by atoms with van der Waals surface area (Å²) in [5.74, 6) is 0.507. The van der Waals surface area contributed by atoms with Gasteiger partial charge in [0.2, 0.25) is 0 Å². The highest BCUT2D eigenvalue weighted by Gasteiger charge is 2.28. The Bertz CT molecular complexity index is 379. The predicted molar refractivity (Wildman–Crippen MR) is 64.8 cm³/mol. The van der Waals surface area contributed by atoms with Gasteiger partial charge in [0, 0.05) is 16.8 Å². The Morgan fingerprint density at radius 1 is 1.38 bits per heavy atom. The topological polar surface area (TPSA) is 17.1 Å². The molecule has 0 amide bonds. The first-order chi connectivity index (χ1) is 7.65. The maximum absolute atomic E-state index is 13.1. The molecule has 0 spiro atoms. The first kappa shape index (κ1) is 11.8. The molecule has 0 saturated heterocycles. The molecular weight excluding hydrogens is 271 g/mol. The average molecular weight is 285 g/mol. The molecule has 0 bridgehead atoms. The number of carbonyl (C=O) groups excluding carboxylic acids is 1. The summed E-state index contributed by atoms with van der Waals surface area (Å²) in [6, 6.07) is 4.88. The first-order valence-electron chi connectivity index (χ1n) is 5.63. The number of benzene rings is 1. The molecule has 16 heavy (non-hydrogen) atoms. The zero-order valence-corrected chi connectivity index (χ0v) is 10.6. The number of Topliss-reactive ketones (excluding diaryl/α,β-unsaturated/α-hetero) is 1. The van der Waals surface area contributed by atoms with Crippen LogP contribution in [-0.2, 0) is 11.2 Å². The summed E-state index contributed by atoms with van der Waals surface area (Å²) in [7, 11) is 0. The van der Waals surface area contributed by atoms with Crippen molar-refractivity contribution in [2.24, 2.45) is 5.92 Å². The molecule has 1 saturated carbocycles. The van der Waals surface area contributed by atoms with Crippen LogP contribution in [0.4, 0.5) is 4.39 Å². The van der Waals surface area contributed by atoms with E-state index in [2.05, 4.69) is 15.9 Å². The Hall–Kier alpha value is -0.700. The van der Waals surface area contributed by atoms with Crippen LogP contribution in [0.5, 0.6) is 0 Å². The van der Waals surface area contributed by atoms with E-state index in [1.54, 1.807) is 0 Å². The van der Waals surface area contributed by atoms with Crippen LogP contribution in [0.15, 0.2) is 22.7 Å². The Labute approximate surface area is 103 Å². The van der Waals surface area contributed by atoms with E-state index in [0.29, 0.717) is 18.1 Å². The Morgan fingerprint density at radius 2 is 2.12 bits per heavy atom. The summed E-state index contributed by atoms with van der Waals surface area (Å²) in [5, 5.41) is 0. The van der Waals surface area contributed by atoms with E-state index in [-0.39, 0.29) is 5.82 Å². The lowest BCUT2D eigenvalue weighted by Crippen LogP contribution is -2.00. The van der Waals surface area contributed by atoms with Crippen LogP contribution >= 0.6 is 15.9 Å². The molecule has 0 aliphatic heterocycles. The van der Waals surface area contributed by atoms with Crippen molar-refractivity contribution < 1.29 is 9.18 Å². The Morgan fingerprint density at radius 3 is 2.75 bits per heavy atom. The van der Waals surface area contributed by atoms with Crippen molar-refractivity contribution in [3.05, 3.63) is 34.1 Å². The summed E-state index contributed by atoms with van der Waals surface area (Å²) in [6.07, 6.45) is 4.38. The predicted octanol–water partition coefficient (Wildman–Crippen LogP) is 3.89. The molecule has 0 radical (unpaired) electrons. The van der Waals surface area contributed by atoms with Gasteiger partial charge in [0.1, 0.15) is 11.6 Å². The molecule has 1 aliphatic rings. The zero-order valence-electron chi connectivity index (χ0n) is 9.01. The van der Waals surface area contributed by atoms with Gasteiger partial charge in [-0.25, -0.2) is 4.39 Å². The quantitative estimate of drug-likeness (QED) is 0.802. The van der Waals surface area contributed by atoms with E-state index in [4.69, 9.17) is 0 Å². The van der Waals surface area contributed by atoms with Crippen LogP contribution in [0, 0.1) is 11.7 Å². The molecule has 3 heteroatoms. The minimum atomic E-state index is -0.224. The summed E-state index contributed by atoms with van der Waals surface area (Å²) in [4.78, 5) is 11.4. The largest absolute Gasteiger partial charge is 0.299 e. The van der Waals surface area contributed by atoms with Crippen LogP contribution in [0.25, 0.3) is 0 Å². The number of hydrogen-bond donors (Lipinski definition) is 0. The highest BCUT2D eigenvalue weighted by molar-refractivity contribution is 9.10. The lowest BCUT2D eigenvalue weighted by Gasteiger charge is -2.02. The van der Waals surface area contributed by atoms with E-state index in [1.165, 1.54) is 12.1 Å². The minimum absolute atomic E-state index is 0.224. The molecule has 0 heterocycles. The number of carbonyl (C=O) groups is 1. The molecule has 1 aliphatic carbocycles. The maximum Gasteiger partial charge on any atom is 0.135 e. The number of aryl methyl sites for hydroxylation is 1.